The maximum atomic E-state index is 10.8. The quantitative estimate of drug-likeness (QED) is 0.584. The van der Waals surface area contributed by atoms with E-state index in [2.05, 4.69) is 15.9 Å². The molecule has 2 unspecified atom stereocenters. The summed E-state index contributed by atoms with van der Waals surface area (Å²) in [6.45, 7) is 3.81. The molecule has 0 aromatic rings. The maximum absolute atomic E-state index is 10.8. The summed E-state index contributed by atoms with van der Waals surface area (Å²) in [5.41, 5.74) is 0. The lowest BCUT2D eigenvalue weighted by atomic mass is 9.92. The molecule has 5 heteroatoms. The summed E-state index contributed by atoms with van der Waals surface area (Å²) in [6.07, 6.45) is 4.67. The van der Waals surface area contributed by atoms with E-state index in [1.807, 2.05) is 13.8 Å². The molecule has 0 heterocycles. The van der Waals surface area contributed by atoms with Crippen molar-refractivity contribution in [2.24, 2.45) is 5.92 Å². The molecule has 0 radical (unpaired) electrons. The highest BCUT2D eigenvalue weighted by molar-refractivity contribution is 9.10. The lowest BCUT2D eigenvalue weighted by Crippen LogP contribution is -2.25. The summed E-state index contributed by atoms with van der Waals surface area (Å²) in [6, 6.07) is 0. The van der Waals surface area contributed by atoms with Gasteiger partial charge in [-0.1, -0.05) is 28.9 Å². The number of hydrogen-bond acceptors (Lipinski definition) is 2. The molecule has 0 spiro atoms. The second-order valence-corrected chi connectivity index (χ2v) is 6.45. The van der Waals surface area contributed by atoms with Crippen molar-refractivity contribution in [1.29, 1.82) is 0 Å². The van der Waals surface area contributed by atoms with Crippen LogP contribution in [0.1, 0.15) is 13.8 Å². The Bertz CT molecular complexity index is 365. The molecule has 1 aliphatic rings. The maximum Gasteiger partial charge on any atom is 0.294 e. The Morgan fingerprint density at radius 3 is 2.54 bits per heavy atom. The van der Waals surface area contributed by atoms with Gasteiger partial charge in [-0.2, -0.15) is 8.42 Å². The molecule has 2 atom stereocenters. The van der Waals surface area contributed by atoms with Crippen LogP contribution in [0.3, 0.4) is 0 Å². The molecule has 74 valence electrons. The average molecular weight is 267 g/mol. The summed E-state index contributed by atoms with van der Waals surface area (Å²) in [4.78, 5) is -0.0509. The van der Waals surface area contributed by atoms with Crippen LogP contribution in [0.4, 0.5) is 0 Å². The van der Waals surface area contributed by atoms with E-state index in [0.717, 1.165) is 0 Å². The molecule has 3 nitrogen and oxygen atoms in total. The minimum atomic E-state index is -4.08. The molecular weight excluding hydrogens is 256 g/mol. The second kappa shape index (κ2) is 3.22. The topological polar surface area (TPSA) is 54.4 Å². The minimum Gasteiger partial charge on any atom is -0.282 e. The monoisotopic (exact) mass is 266 g/mol. The van der Waals surface area contributed by atoms with Crippen LogP contribution in [0.5, 0.6) is 0 Å². The average Bonchev–Trinajstić information content (AvgIpc) is 1.92. The third-order valence-corrected chi connectivity index (χ3v) is 3.96. The first kappa shape index (κ1) is 10.9. The fourth-order valence-corrected chi connectivity index (χ4v) is 2.24. The van der Waals surface area contributed by atoms with Crippen molar-refractivity contribution in [2.45, 2.75) is 18.2 Å². The lowest BCUT2D eigenvalue weighted by molar-refractivity contribution is 0.490. The number of allylic oxidation sites excluding steroid dienone is 3. The van der Waals surface area contributed by atoms with Gasteiger partial charge in [0, 0.05) is 4.32 Å². The van der Waals surface area contributed by atoms with Crippen molar-refractivity contribution in [3.8, 4) is 0 Å². The van der Waals surface area contributed by atoms with E-state index < -0.39 is 14.4 Å². The SMILES string of the molecule is CC1C=CC(S(=O)(=O)O)=CC1(C)Br. The highest BCUT2D eigenvalue weighted by Gasteiger charge is 2.29. The van der Waals surface area contributed by atoms with E-state index >= 15 is 0 Å². The van der Waals surface area contributed by atoms with Crippen LogP contribution in [-0.2, 0) is 10.1 Å². The van der Waals surface area contributed by atoms with Crippen molar-refractivity contribution in [2.75, 3.05) is 0 Å². The molecule has 1 aliphatic carbocycles. The van der Waals surface area contributed by atoms with E-state index in [1.54, 1.807) is 6.08 Å². The predicted octanol–water partition coefficient (Wildman–Crippen LogP) is 2.12. The Morgan fingerprint density at radius 2 is 2.15 bits per heavy atom. The van der Waals surface area contributed by atoms with Crippen LogP contribution in [0.2, 0.25) is 0 Å². The van der Waals surface area contributed by atoms with Crippen LogP contribution in [0.25, 0.3) is 0 Å². The van der Waals surface area contributed by atoms with E-state index in [-0.39, 0.29) is 10.8 Å². The van der Waals surface area contributed by atoms with Crippen LogP contribution >= 0.6 is 15.9 Å². The van der Waals surface area contributed by atoms with Gasteiger partial charge in [-0.25, -0.2) is 0 Å². The van der Waals surface area contributed by atoms with E-state index in [0.29, 0.717) is 0 Å². The summed E-state index contributed by atoms with van der Waals surface area (Å²) in [5, 5.41) is 0. The highest BCUT2D eigenvalue weighted by Crippen LogP contribution is 2.35. The summed E-state index contributed by atoms with van der Waals surface area (Å²) < 4.78 is 30.0. The predicted molar refractivity (Wildman–Crippen MR) is 55.3 cm³/mol. The first-order chi connectivity index (χ1) is 5.73. The molecule has 13 heavy (non-hydrogen) atoms. The number of alkyl halides is 1. The van der Waals surface area contributed by atoms with Crippen LogP contribution in [-0.4, -0.2) is 17.3 Å². The summed E-state index contributed by atoms with van der Waals surface area (Å²) in [7, 11) is -4.08. The molecule has 0 fully saturated rings. The van der Waals surface area contributed by atoms with Gasteiger partial charge in [-0.05, 0) is 25.0 Å². The van der Waals surface area contributed by atoms with Crippen molar-refractivity contribution in [3.05, 3.63) is 23.1 Å². The second-order valence-electron chi connectivity index (χ2n) is 3.32. The molecule has 0 aliphatic heterocycles. The first-order valence-corrected chi connectivity index (χ1v) is 6.04. The lowest BCUT2D eigenvalue weighted by Gasteiger charge is -2.27. The Balaban J connectivity index is 3.14. The number of rotatable bonds is 1. The Hall–Kier alpha value is -0.130. The molecular formula is C8H11BrO3S. The van der Waals surface area contributed by atoms with E-state index in [1.165, 1.54) is 12.2 Å². The standard InChI is InChI=1S/C8H11BrO3S/c1-6-3-4-7(13(10,11)12)5-8(6,2)9/h3-6H,1-2H3,(H,10,11,12). The van der Waals surface area contributed by atoms with Gasteiger partial charge in [-0.3, -0.25) is 4.55 Å². The van der Waals surface area contributed by atoms with Gasteiger partial charge in [0.25, 0.3) is 10.1 Å². The largest absolute Gasteiger partial charge is 0.294 e. The Labute approximate surface area is 86.4 Å². The Morgan fingerprint density at radius 1 is 1.62 bits per heavy atom. The smallest absolute Gasteiger partial charge is 0.282 e. The molecule has 0 bridgehead atoms. The van der Waals surface area contributed by atoms with Gasteiger partial charge in [0.2, 0.25) is 0 Å². The fraction of sp³-hybridized carbons (Fsp3) is 0.500. The summed E-state index contributed by atoms with van der Waals surface area (Å²) in [5.74, 6) is 0.193. The van der Waals surface area contributed by atoms with E-state index in [9.17, 15) is 8.42 Å². The fourth-order valence-electron chi connectivity index (χ4n) is 1.05. The van der Waals surface area contributed by atoms with Crippen LogP contribution < -0.4 is 0 Å². The van der Waals surface area contributed by atoms with Gasteiger partial charge in [-0.15, -0.1) is 0 Å². The first-order valence-electron chi connectivity index (χ1n) is 3.81. The van der Waals surface area contributed by atoms with Crippen molar-refractivity contribution < 1.29 is 13.0 Å². The normalized spacial score (nSPS) is 34.5. The number of halogens is 1. The molecule has 0 amide bonds. The van der Waals surface area contributed by atoms with Gasteiger partial charge < -0.3 is 0 Å². The van der Waals surface area contributed by atoms with E-state index in [4.69, 9.17) is 4.55 Å². The van der Waals surface area contributed by atoms with Gasteiger partial charge in [0.1, 0.15) is 0 Å². The van der Waals surface area contributed by atoms with Gasteiger partial charge in [0.05, 0.1) is 4.91 Å². The highest BCUT2D eigenvalue weighted by atomic mass is 79.9. The zero-order valence-corrected chi connectivity index (χ0v) is 9.76. The molecule has 0 aromatic carbocycles. The third-order valence-electron chi connectivity index (χ3n) is 2.16. The van der Waals surface area contributed by atoms with Crippen molar-refractivity contribution in [1.82, 2.24) is 0 Å². The molecule has 0 saturated heterocycles. The minimum absolute atomic E-state index is 0.0509. The Kier molecular flexibility index (Phi) is 2.71. The summed E-state index contributed by atoms with van der Waals surface area (Å²) >= 11 is 3.39. The van der Waals surface area contributed by atoms with Crippen LogP contribution in [0, 0.1) is 5.92 Å². The van der Waals surface area contributed by atoms with Gasteiger partial charge >= 0.3 is 0 Å². The molecule has 1 N–H and O–H groups in total. The van der Waals surface area contributed by atoms with Gasteiger partial charge in [0.15, 0.2) is 0 Å². The molecule has 0 aromatic heterocycles. The third kappa shape index (κ3) is 2.42. The number of hydrogen-bond donors (Lipinski definition) is 1. The molecule has 0 saturated carbocycles. The van der Waals surface area contributed by atoms with Crippen LogP contribution in [0.15, 0.2) is 23.1 Å². The van der Waals surface area contributed by atoms with Crippen molar-refractivity contribution >= 4 is 26.0 Å². The molecule has 1 rings (SSSR count). The zero-order chi connectivity index (χ0) is 10.3. The zero-order valence-electron chi connectivity index (χ0n) is 7.36. The van der Waals surface area contributed by atoms with Crippen molar-refractivity contribution in [3.63, 3.8) is 0 Å².